The van der Waals surface area contributed by atoms with Crippen LogP contribution in [0.15, 0.2) is 41.8 Å². The molecule has 7 heteroatoms. The zero-order chi connectivity index (χ0) is 17.8. The van der Waals surface area contributed by atoms with Crippen molar-refractivity contribution in [1.29, 1.82) is 0 Å². The highest BCUT2D eigenvalue weighted by atomic mass is 32.1. The molecule has 130 valence electrons. The molecule has 1 unspecified atom stereocenters. The summed E-state index contributed by atoms with van der Waals surface area (Å²) in [5, 5.41) is 5.82. The molecule has 0 aliphatic carbocycles. The second kappa shape index (κ2) is 7.76. The minimum atomic E-state index is -0.716. The molecule has 0 fully saturated rings. The fourth-order valence-corrected chi connectivity index (χ4v) is 4.01. The molecule has 3 aromatic rings. The van der Waals surface area contributed by atoms with Crippen molar-refractivity contribution in [2.75, 3.05) is 0 Å². The summed E-state index contributed by atoms with van der Waals surface area (Å²) in [5.41, 5.74) is 0.910. The van der Waals surface area contributed by atoms with Gasteiger partial charge in [-0.25, -0.2) is 9.37 Å². The Morgan fingerprint density at radius 1 is 1.36 bits per heavy atom. The number of carbonyl (C=O) groups excluding carboxylic acids is 1. The van der Waals surface area contributed by atoms with E-state index in [0.29, 0.717) is 12.3 Å². The molecule has 3 rings (SSSR count). The van der Waals surface area contributed by atoms with Crippen molar-refractivity contribution in [3.05, 3.63) is 58.2 Å². The predicted octanol–water partition coefficient (Wildman–Crippen LogP) is 4.40. The lowest BCUT2D eigenvalue weighted by Crippen LogP contribution is -2.35. The number of carbonyl (C=O) groups is 1. The molecule has 0 bridgehead atoms. The second-order valence-corrected chi connectivity index (χ2v) is 7.47. The van der Waals surface area contributed by atoms with E-state index < -0.39 is 11.9 Å². The zero-order valence-electron chi connectivity index (χ0n) is 13.8. The number of nitrogens with zero attached hydrogens (tertiary/aromatic N) is 1. The number of benzene rings is 1. The van der Waals surface area contributed by atoms with Crippen molar-refractivity contribution >= 4 is 28.6 Å². The molecule has 0 saturated heterocycles. The Bertz CT molecular complexity index is 862. The molecule has 1 atom stereocenters. The van der Waals surface area contributed by atoms with Gasteiger partial charge in [-0.05, 0) is 37.4 Å². The SMILES string of the molecule is Cc1nc(-c2cccs2)sc1CNC(=O)C(C)Oc1cccc(F)c1. The number of hydrogen-bond acceptors (Lipinski definition) is 5. The minimum absolute atomic E-state index is 0.255. The molecule has 25 heavy (non-hydrogen) atoms. The van der Waals surface area contributed by atoms with Crippen molar-refractivity contribution in [2.45, 2.75) is 26.5 Å². The molecule has 1 amide bonds. The van der Waals surface area contributed by atoms with Gasteiger partial charge < -0.3 is 10.1 Å². The molecular formula is C18H17FN2O2S2. The highest BCUT2D eigenvalue weighted by molar-refractivity contribution is 7.21. The smallest absolute Gasteiger partial charge is 0.261 e. The first kappa shape index (κ1) is 17.6. The Morgan fingerprint density at radius 2 is 2.20 bits per heavy atom. The molecule has 2 aromatic heterocycles. The van der Waals surface area contributed by atoms with Crippen LogP contribution in [-0.2, 0) is 11.3 Å². The first-order valence-corrected chi connectivity index (χ1v) is 9.42. The maximum Gasteiger partial charge on any atom is 0.261 e. The monoisotopic (exact) mass is 376 g/mol. The Balaban J connectivity index is 1.58. The van der Waals surface area contributed by atoms with E-state index in [9.17, 15) is 9.18 Å². The molecule has 0 aliphatic rings. The summed E-state index contributed by atoms with van der Waals surface area (Å²) in [6.07, 6.45) is -0.716. The predicted molar refractivity (Wildman–Crippen MR) is 98.5 cm³/mol. The van der Waals surface area contributed by atoms with Gasteiger partial charge >= 0.3 is 0 Å². The van der Waals surface area contributed by atoms with Crippen LogP contribution in [0, 0.1) is 12.7 Å². The molecule has 0 radical (unpaired) electrons. The van der Waals surface area contributed by atoms with Crippen molar-refractivity contribution in [3.63, 3.8) is 0 Å². The van der Waals surface area contributed by atoms with E-state index in [1.807, 2.05) is 24.4 Å². The average Bonchev–Trinajstić information content (AvgIpc) is 3.22. The largest absolute Gasteiger partial charge is 0.481 e. The number of rotatable bonds is 6. The van der Waals surface area contributed by atoms with E-state index in [1.54, 1.807) is 41.7 Å². The fourth-order valence-electron chi connectivity index (χ4n) is 2.21. The maximum absolute atomic E-state index is 13.2. The van der Waals surface area contributed by atoms with Crippen LogP contribution in [0.4, 0.5) is 4.39 Å². The summed E-state index contributed by atoms with van der Waals surface area (Å²) in [6, 6.07) is 9.76. The van der Waals surface area contributed by atoms with Crippen LogP contribution in [0.2, 0.25) is 0 Å². The lowest BCUT2D eigenvalue weighted by atomic mass is 10.3. The topological polar surface area (TPSA) is 51.2 Å². The Morgan fingerprint density at radius 3 is 2.92 bits per heavy atom. The number of thiophene rings is 1. The summed E-state index contributed by atoms with van der Waals surface area (Å²) in [7, 11) is 0. The summed E-state index contributed by atoms with van der Waals surface area (Å²) in [5.74, 6) is -0.321. The van der Waals surface area contributed by atoms with Gasteiger partial charge in [0.05, 0.1) is 17.1 Å². The number of amides is 1. The van der Waals surface area contributed by atoms with Gasteiger partial charge in [-0.2, -0.15) is 0 Å². The van der Waals surface area contributed by atoms with Gasteiger partial charge in [-0.3, -0.25) is 4.79 Å². The van der Waals surface area contributed by atoms with Crippen molar-refractivity contribution in [3.8, 4) is 15.6 Å². The zero-order valence-corrected chi connectivity index (χ0v) is 15.4. The van der Waals surface area contributed by atoms with E-state index in [-0.39, 0.29) is 5.91 Å². The standard InChI is InChI=1S/C18H17FN2O2S2/c1-11-16(25-18(21-11)15-7-4-8-24-15)10-20-17(22)12(2)23-14-6-3-5-13(19)9-14/h3-9,12H,10H2,1-2H3,(H,20,22). The maximum atomic E-state index is 13.2. The van der Waals surface area contributed by atoms with Gasteiger partial charge in [0.15, 0.2) is 6.10 Å². The van der Waals surface area contributed by atoms with Crippen molar-refractivity contribution in [1.82, 2.24) is 10.3 Å². The van der Waals surface area contributed by atoms with Gasteiger partial charge in [0, 0.05) is 10.9 Å². The molecule has 0 aliphatic heterocycles. The number of hydrogen-bond donors (Lipinski definition) is 1. The van der Waals surface area contributed by atoms with E-state index >= 15 is 0 Å². The van der Waals surface area contributed by atoms with Crippen LogP contribution < -0.4 is 10.1 Å². The van der Waals surface area contributed by atoms with E-state index in [2.05, 4.69) is 10.3 Å². The van der Waals surface area contributed by atoms with E-state index in [0.717, 1.165) is 20.5 Å². The number of nitrogens with one attached hydrogen (secondary N) is 1. The van der Waals surface area contributed by atoms with Gasteiger partial charge in [-0.15, -0.1) is 22.7 Å². The van der Waals surface area contributed by atoms with Crippen molar-refractivity contribution in [2.24, 2.45) is 0 Å². The van der Waals surface area contributed by atoms with Gasteiger partial charge in [0.2, 0.25) is 0 Å². The summed E-state index contributed by atoms with van der Waals surface area (Å²) in [4.78, 5) is 18.9. The average molecular weight is 376 g/mol. The first-order chi connectivity index (χ1) is 12.0. The highest BCUT2D eigenvalue weighted by Crippen LogP contribution is 2.30. The highest BCUT2D eigenvalue weighted by Gasteiger charge is 2.16. The third-order valence-electron chi connectivity index (χ3n) is 3.53. The normalized spacial score (nSPS) is 12.0. The molecular weight excluding hydrogens is 359 g/mol. The summed E-state index contributed by atoms with van der Waals surface area (Å²) < 4.78 is 18.6. The number of aryl methyl sites for hydroxylation is 1. The number of aromatic nitrogens is 1. The van der Waals surface area contributed by atoms with Crippen LogP contribution in [-0.4, -0.2) is 17.0 Å². The molecule has 1 aromatic carbocycles. The molecule has 4 nitrogen and oxygen atoms in total. The van der Waals surface area contributed by atoms with Gasteiger partial charge in [0.1, 0.15) is 16.6 Å². The third kappa shape index (κ3) is 4.43. The Labute approximate surface area is 153 Å². The van der Waals surface area contributed by atoms with Gasteiger partial charge in [0.25, 0.3) is 5.91 Å². The molecule has 0 saturated carbocycles. The minimum Gasteiger partial charge on any atom is -0.481 e. The Kier molecular flexibility index (Phi) is 5.45. The summed E-state index contributed by atoms with van der Waals surface area (Å²) >= 11 is 3.21. The van der Waals surface area contributed by atoms with E-state index in [4.69, 9.17) is 4.74 Å². The third-order valence-corrected chi connectivity index (χ3v) is 5.72. The first-order valence-electron chi connectivity index (χ1n) is 7.73. The fraction of sp³-hybridized carbons (Fsp3) is 0.222. The van der Waals surface area contributed by atoms with Crippen LogP contribution in [0.5, 0.6) is 5.75 Å². The van der Waals surface area contributed by atoms with Crippen molar-refractivity contribution < 1.29 is 13.9 Å². The summed E-state index contributed by atoms with van der Waals surface area (Å²) in [6.45, 7) is 3.96. The Hall–Kier alpha value is -2.25. The number of halogens is 1. The second-order valence-electron chi connectivity index (χ2n) is 5.44. The van der Waals surface area contributed by atoms with E-state index in [1.165, 1.54) is 12.1 Å². The van der Waals surface area contributed by atoms with Gasteiger partial charge in [-0.1, -0.05) is 12.1 Å². The lowest BCUT2D eigenvalue weighted by Gasteiger charge is -2.14. The molecule has 0 spiro atoms. The number of thiazole rings is 1. The number of ether oxygens (including phenoxy) is 1. The molecule has 2 heterocycles. The molecule has 1 N–H and O–H groups in total. The van der Waals surface area contributed by atoms with Crippen LogP contribution >= 0.6 is 22.7 Å². The van der Waals surface area contributed by atoms with Crippen LogP contribution in [0.25, 0.3) is 9.88 Å². The lowest BCUT2D eigenvalue weighted by molar-refractivity contribution is -0.127. The van der Waals surface area contributed by atoms with Crippen LogP contribution in [0.3, 0.4) is 0 Å². The van der Waals surface area contributed by atoms with Crippen LogP contribution in [0.1, 0.15) is 17.5 Å². The quantitative estimate of drug-likeness (QED) is 0.694.